The van der Waals surface area contributed by atoms with Gasteiger partial charge in [-0.3, -0.25) is 0 Å². The number of hydrogen-bond acceptors (Lipinski definition) is 3. The third kappa shape index (κ3) is 3.12. The first-order valence-electron chi connectivity index (χ1n) is 7.22. The molecule has 0 bridgehead atoms. The lowest BCUT2D eigenvalue weighted by atomic mass is 9.91. The maximum Gasteiger partial charge on any atom is 0.0962 e. The average molecular weight is 266 g/mol. The molecule has 0 unspecified atom stereocenters. The molecule has 102 valence electrons. The predicted molar refractivity (Wildman–Crippen MR) is 79.1 cm³/mol. The van der Waals surface area contributed by atoms with Gasteiger partial charge in [-0.15, -0.1) is 11.3 Å². The quantitative estimate of drug-likeness (QED) is 0.809. The van der Waals surface area contributed by atoms with Crippen LogP contribution < -0.4 is 5.73 Å². The van der Waals surface area contributed by atoms with Crippen molar-refractivity contribution in [2.24, 2.45) is 5.73 Å². The van der Waals surface area contributed by atoms with Crippen LogP contribution in [0.3, 0.4) is 0 Å². The zero-order valence-corrected chi connectivity index (χ0v) is 12.8. The Balaban J connectivity index is 2.25. The van der Waals surface area contributed by atoms with Gasteiger partial charge in [-0.05, 0) is 12.8 Å². The van der Waals surface area contributed by atoms with E-state index in [4.69, 9.17) is 10.7 Å². The fourth-order valence-corrected chi connectivity index (χ4v) is 4.12. The zero-order chi connectivity index (χ0) is 13.2. The second-order valence-corrected chi connectivity index (χ2v) is 7.58. The number of nitrogens with zero attached hydrogens (tertiary/aromatic N) is 1. The molecule has 0 aliphatic heterocycles. The molecule has 0 spiro atoms. The largest absolute Gasteiger partial charge is 0.326 e. The van der Waals surface area contributed by atoms with Crippen molar-refractivity contribution in [1.29, 1.82) is 0 Å². The van der Waals surface area contributed by atoms with Crippen LogP contribution in [-0.2, 0) is 12.0 Å². The van der Waals surface area contributed by atoms with Crippen LogP contribution in [0.1, 0.15) is 80.8 Å². The lowest BCUT2D eigenvalue weighted by Crippen LogP contribution is -2.15. The summed E-state index contributed by atoms with van der Waals surface area (Å²) in [7, 11) is 0. The molecular formula is C15H26N2S. The Morgan fingerprint density at radius 1 is 1.17 bits per heavy atom. The van der Waals surface area contributed by atoms with Gasteiger partial charge in [0.1, 0.15) is 0 Å². The van der Waals surface area contributed by atoms with Crippen molar-refractivity contribution in [1.82, 2.24) is 4.98 Å². The Morgan fingerprint density at radius 3 is 2.22 bits per heavy atom. The molecule has 1 saturated carbocycles. The SMILES string of the molecule is CC(C)(C)c1nc(C2CCCCCC2)sc1CN. The van der Waals surface area contributed by atoms with Crippen LogP contribution in [0.4, 0.5) is 0 Å². The van der Waals surface area contributed by atoms with E-state index >= 15 is 0 Å². The molecule has 0 saturated heterocycles. The number of rotatable bonds is 2. The van der Waals surface area contributed by atoms with Crippen LogP contribution in [0.15, 0.2) is 0 Å². The first-order chi connectivity index (χ1) is 8.52. The van der Waals surface area contributed by atoms with Crippen molar-refractivity contribution in [2.45, 2.75) is 77.2 Å². The molecule has 3 heteroatoms. The van der Waals surface area contributed by atoms with E-state index < -0.39 is 0 Å². The van der Waals surface area contributed by atoms with Crippen LogP contribution in [-0.4, -0.2) is 4.98 Å². The molecular weight excluding hydrogens is 240 g/mol. The molecule has 18 heavy (non-hydrogen) atoms. The van der Waals surface area contributed by atoms with Crippen LogP contribution in [0.5, 0.6) is 0 Å². The Hall–Kier alpha value is -0.410. The summed E-state index contributed by atoms with van der Waals surface area (Å²) in [5, 5.41) is 1.35. The summed E-state index contributed by atoms with van der Waals surface area (Å²) in [6.45, 7) is 7.34. The lowest BCUT2D eigenvalue weighted by molar-refractivity contribution is 0.549. The van der Waals surface area contributed by atoms with E-state index in [1.165, 1.54) is 54.1 Å². The summed E-state index contributed by atoms with van der Waals surface area (Å²) >= 11 is 1.87. The topological polar surface area (TPSA) is 38.9 Å². The van der Waals surface area contributed by atoms with Crippen molar-refractivity contribution in [2.75, 3.05) is 0 Å². The van der Waals surface area contributed by atoms with E-state index in [9.17, 15) is 0 Å². The summed E-state index contributed by atoms with van der Waals surface area (Å²) < 4.78 is 0. The van der Waals surface area contributed by atoms with Crippen molar-refractivity contribution < 1.29 is 0 Å². The molecule has 0 radical (unpaired) electrons. The van der Waals surface area contributed by atoms with Gasteiger partial charge in [0.05, 0.1) is 10.7 Å². The number of aromatic nitrogens is 1. The second-order valence-electron chi connectivity index (χ2n) is 6.47. The van der Waals surface area contributed by atoms with E-state index in [0.717, 1.165) is 0 Å². The smallest absolute Gasteiger partial charge is 0.0962 e. The fourth-order valence-electron chi connectivity index (χ4n) is 2.80. The van der Waals surface area contributed by atoms with Gasteiger partial charge in [-0.2, -0.15) is 0 Å². The molecule has 1 aromatic heterocycles. The van der Waals surface area contributed by atoms with Crippen molar-refractivity contribution in [3.63, 3.8) is 0 Å². The molecule has 2 N–H and O–H groups in total. The molecule has 1 aliphatic rings. The van der Waals surface area contributed by atoms with Crippen molar-refractivity contribution >= 4 is 11.3 Å². The van der Waals surface area contributed by atoms with Crippen LogP contribution in [0.25, 0.3) is 0 Å². The maximum atomic E-state index is 5.89. The highest BCUT2D eigenvalue weighted by atomic mass is 32.1. The van der Waals surface area contributed by atoms with Gasteiger partial charge in [-0.1, -0.05) is 46.5 Å². The highest BCUT2D eigenvalue weighted by Gasteiger charge is 2.25. The average Bonchev–Trinajstić information content (AvgIpc) is 2.57. The molecule has 1 aliphatic carbocycles. The Labute approximate surface area is 115 Å². The first kappa shape index (κ1) is 14.0. The van der Waals surface area contributed by atoms with E-state index in [1.54, 1.807) is 0 Å². The standard InChI is InChI=1S/C15H26N2S/c1-15(2,3)13-12(10-16)18-14(17-13)11-8-6-4-5-7-9-11/h11H,4-10,16H2,1-3H3. The molecule has 1 heterocycles. The summed E-state index contributed by atoms with van der Waals surface area (Å²) in [6, 6.07) is 0. The fraction of sp³-hybridized carbons (Fsp3) is 0.800. The van der Waals surface area contributed by atoms with Gasteiger partial charge >= 0.3 is 0 Å². The molecule has 0 aromatic carbocycles. The molecule has 0 amide bonds. The van der Waals surface area contributed by atoms with Gasteiger partial charge in [-0.25, -0.2) is 4.98 Å². The van der Waals surface area contributed by atoms with Gasteiger partial charge in [0.25, 0.3) is 0 Å². The summed E-state index contributed by atoms with van der Waals surface area (Å²) in [5.74, 6) is 0.693. The normalized spacial score (nSPS) is 18.9. The van der Waals surface area contributed by atoms with Crippen molar-refractivity contribution in [3.05, 3.63) is 15.6 Å². The Morgan fingerprint density at radius 2 is 1.78 bits per heavy atom. The van der Waals surface area contributed by atoms with Gasteiger partial charge < -0.3 is 5.73 Å². The second kappa shape index (κ2) is 5.70. The third-order valence-corrected chi connectivity index (χ3v) is 5.05. The van der Waals surface area contributed by atoms with Crippen LogP contribution >= 0.6 is 11.3 Å². The van der Waals surface area contributed by atoms with E-state index in [2.05, 4.69) is 20.8 Å². The number of thiazole rings is 1. The maximum absolute atomic E-state index is 5.89. The minimum atomic E-state index is 0.119. The van der Waals surface area contributed by atoms with E-state index in [0.29, 0.717) is 12.5 Å². The third-order valence-electron chi connectivity index (χ3n) is 3.81. The van der Waals surface area contributed by atoms with Gasteiger partial charge in [0.2, 0.25) is 0 Å². The predicted octanol–water partition coefficient (Wildman–Crippen LogP) is 4.34. The Kier molecular flexibility index (Phi) is 4.44. The van der Waals surface area contributed by atoms with E-state index in [1.807, 2.05) is 11.3 Å². The van der Waals surface area contributed by atoms with Gasteiger partial charge in [0.15, 0.2) is 0 Å². The van der Waals surface area contributed by atoms with E-state index in [-0.39, 0.29) is 5.41 Å². The highest BCUT2D eigenvalue weighted by Crippen LogP contribution is 2.37. The minimum absolute atomic E-state index is 0.119. The highest BCUT2D eigenvalue weighted by molar-refractivity contribution is 7.11. The molecule has 1 aromatic rings. The lowest BCUT2D eigenvalue weighted by Gasteiger charge is -2.17. The monoisotopic (exact) mass is 266 g/mol. The van der Waals surface area contributed by atoms with Gasteiger partial charge in [0, 0.05) is 22.8 Å². The van der Waals surface area contributed by atoms with Crippen LogP contribution in [0, 0.1) is 0 Å². The van der Waals surface area contributed by atoms with Crippen LogP contribution in [0.2, 0.25) is 0 Å². The zero-order valence-electron chi connectivity index (χ0n) is 12.0. The Bertz CT molecular complexity index is 382. The first-order valence-corrected chi connectivity index (χ1v) is 8.04. The molecule has 0 atom stereocenters. The summed E-state index contributed by atoms with van der Waals surface area (Å²) in [6.07, 6.45) is 8.18. The molecule has 1 fully saturated rings. The molecule has 2 nitrogen and oxygen atoms in total. The number of hydrogen-bond donors (Lipinski definition) is 1. The minimum Gasteiger partial charge on any atom is -0.326 e. The summed E-state index contributed by atoms with van der Waals surface area (Å²) in [4.78, 5) is 6.25. The van der Waals surface area contributed by atoms with Crippen molar-refractivity contribution in [3.8, 4) is 0 Å². The summed E-state index contributed by atoms with van der Waals surface area (Å²) in [5.41, 5.74) is 7.24. The molecule has 2 rings (SSSR count). The number of nitrogens with two attached hydrogens (primary N) is 1.